The fourth-order valence-electron chi connectivity index (χ4n) is 2.98. The molecule has 0 N–H and O–H groups in total. The van der Waals surface area contributed by atoms with Crippen molar-refractivity contribution in [2.24, 2.45) is 0 Å². The molecule has 1 aliphatic heterocycles. The zero-order valence-electron chi connectivity index (χ0n) is 13.6. The molecule has 5 nitrogen and oxygen atoms in total. The van der Waals surface area contributed by atoms with Crippen LogP contribution in [0.25, 0.3) is 11.4 Å². The van der Waals surface area contributed by atoms with Crippen molar-refractivity contribution in [1.29, 1.82) is 0 Å². The Morgan fingerprint density at radius 2 is 2.00 bits per heavy atom. The van der Waals surface area contributed by atoms with Gasteiger partial charge in [-0.05, 0) is 24.6 Å². The second kappa shape index (κ2) is 6.33. The molecule has 1 amide bonds. The van der Waals surface area contributed by atoms with Gasteiger partial charge in [-0.2, -0.15) is 4.98 Å². The second-order valence-corrected chi connectivity index (χ2v) is 6.57. The monoisotopic (exact) mass is 353 g/mol. The maximum absolute atomic E-state index is 12.4. The van der Waals surface area contributed by atoms with Crippen LogP contribution in [0.3, 0.4) is 0 Å². The lowest BCUT2D eigenvalue weighted by molar-refractivity contribution is -0.117. The molecule has 1 unspecified atom stereocenters. The Balaban J connectivity index is 1.56. The minimum absolute atomic E-state index is 0.0318. The summed E-state index contributed by atoms with van der Waals surface area (Å²) in [6.07, 6.45) is 0.349. The average Bonchev–Trinajstić information content (AvgIpc) is 3.25. The molecule has 3 aromatic rings. The molecule has 1 aliphatic rings. The lowest BCUT2D eigenvalue weighted by Crippen LogP contribution is -2.24. The standard InChI is InChI=1S/C19H16ClN3O2/c1-12-7-8-15(10-16(12)20)23-11-14(9-17(23)24)19-21-18(22-25-19)13-5-3-2-4-6-13/h2-8,10,14H,9,11H2,1H3. The Morgan fingerprint density at radius 1 is 1.20 bits per heavy atom. The third-order valence-electron chi connectivity index (χ3n) is 4.42. The van der Waals surface area contributed by atoms with Gasteiger partial charge in [0.05, 0.1) is 5.92 Å². The van der Waals surface area contributed by atoms with Crippen LogP contribution < -0.4 is 4.90 Å². The van der Waals surface area contributed by atoms with Gasteiger partial charge in [-0.25, -0.2) is 0 Å². The van der Waals surface area contributed by atoms with Crippen LogP contribution in [0.4, 0.5) is 5.69 Å². The molecule has 1 saturated heterocycles. The number of nitrogens with zero attached hydrogens (tertiary/aromatic N) is 3. The summed E-state index contributed by atoms with van der Waals surface area (Å²) in [4.78, 5) is 18.6. The van der Waals surface area contributed by atoms with Crippen molar-refractivity contribution in [3.63, 3.8) is 0 Å². The van der Waals surface area contributed by atoms with Crippen LogP contribution >= 0.6 is 11.6 Å². The number of amides is 1. The van der Waals surface area contributed by atoms with Crippen molar-refractivity contribution >= 4 is 23.2 Å². The Morgan fingerprint density at radius 3 is 2.76 bits per heavy atom. The highest BCUT2D eigenvalue weighted by molar-refractivity contribution is 6.31. The van der Waals surface area contributed by atoms with E-state index in [1.165, 1.54) is 0 Å². The first-order valence-corrected chi connectivity index (χ1v) is 8.45. The van der Waals surface area contributed by atoms with Gasteiger partial charge in [0.15, 0.2) is 0 Å². The molecule has 2 aromatic carbocycles. The first-order chi connectivity index (χ1) is 12.1. The Bertz CT molecular complexity index is 923. The molecule has 25 heavy (non-hydrogen) atoms. The SMILES string of the molecule is Cc1ccc(N2CC(c3nc(-c4ccccc4)no3)CC2=O)cc1Cl. The number of rotatable bonds is 3. The fraction of sp³-hybridized carbons (Fsp3) is 0.211. The number of carbonyl (C=O) groups is 1. The van der Waals surface area contributed by atoms with Crippen molar-refractivity contribution < 1.29 is 9.32 Å². The van der Waals surface area contributed by atoms with Crippen LogP contribution in [-0.4, -0.2) is 22.6 Å². The number of halogens is 1. The fourth-order valence-corrected chi connectivity index (χ4v) is 3.15. The molecule has 2 heterocycles. The van der Waals surface area contributed by atoms with E-state index in [0.717, 1.165) is 16.8 Å². The molecule has 0 spiro atoms. The van der Waals surface area contributed by atoms with Crippen LogP contribution in [0.15, 0.2) is 53.1 Å². The molecule has 1 fully saturated rings. The van der Waals surface area contributed by atoms with Crippen molar-refractivity contribution in [3.8, 4) is 11.4 Å². The molecule has 6 heteroatoms. The number of hydrogen-bond acceptors (Lipinski definition) is 4. The number of aryl methyl sites for hydroxylation is 1. The van der Waals surface area contributed by atoms with Crippen LogP contribution in [-0.2, 0) is 4.79 Å². The van der Waals surface area contributed by atoms with Crippen molar-refractivity contribution in [1.82, 2.24) is 10.1 Å². The summed E-state index contributed by atoms with van der Waals surface area (Å²) in [5.41, 5.74) is 2.67. The second-order valence-electron chi connectivity index (χ2n) is 6.16. The summed E-state index contributed by atoms with van der Waals surface area (Å²) in [5.74, 6) is 0.953. The van der Waals surface area contributed by atoms with Gasteiger partial charge in [0, 0.05) is 29.2 Å². The van der Waals surface area contributed by atoms with E-state index in [9.17, 15) is 4.79 Å². The molecule has 1 aromatic heterocycles. The number of carbonyl (C=O) groups excluding carboxylic acids is 1. The summed E-state index contributed by atoms with van der Waals surface area (Å²) in [6, 6.07) is 15.3. The summed E-state index contributed by atoms with van der Waals surface area (Å²) < 4.78 is 5.41. The Hall–Kier alpha value is -2.66. The zero-order chi connectivity index (χ0) is 17.4. The van der Waals surface area contributed by atoms with E-state index in [4.69, 9.17) is 16.1 Å². The van der Waals surface area contributed by atoms with Crippen LogP contribution in [0, 0.1) is 6.92 Å². The predicted octanol–water partition coefficient (Wildman–Crippen LogP) is 4.22. The van der Waals surface area contributed by atoms with Gasteiger partial charge >= 0.3 is 0 Å². The molecular weight excluding hydrogens is 338 g/mol. The summed E-state index contributed by atoms with van der Waals surface area (Å²) in [6.45, 7) is 2.44. The van der Waals surface area contributed by atoms with E-state index in [1.807, 2.05) is 55.5 Å². The number of benzene rings is 2. The minimum atomic E-state index is -0.113. The van der Waals surface area contributed by atoms with E-state index >= 15 is 0 Å². The van der Waals surface area contributed by atoms with E-state index in [1.54, 1.807) is 4.90 Å². The minimum Gasteiger partial charge on any atom is -0.339 e. The first kappa shape index (κ1) is 15.8. The highest BCUT2D eigenvalue weighted by atomic mass is 35.5. The summed E-state index contributed by atoms with van der Waals surface area (Å²) in [5, 5.41) is 4.69. The molecule has 1 atom stereocenters. The van der Waals surface area contributed by atoms with Gasteiger partial charge in [0.25, 0.3) is 0 Å². The third kappa shape index (κ3) is 3.03. The number of hydrogen-bond donors (Lipinski definition) is 0. The number of anilines is 1. The van der Waals surface area contributed by atoms with Gasteiger partial charge < -0.3 is 9.42 Å². The van der Waals surface area contributed by atoms with Gasteiger partial charge in [-0.1, -0.05) is 53.2 Å². The smallest absolute Gasteiger partial charge is 0.232 e. The Labute approximate surface area is 150 Å². The topological polar surface area (TPSA) is 59.2 Å². The molecule has 4 rings (SSSR count). The highest BCUT2D eigenvalue weighted by Gasteiger charge is 2.35. The predicted molar refractivity (Wildman–Crippen MR) is 95.6 cm³/mol. The molecule has 0 radical (unpaired) electrons. The van der Waals surface area contributed by atoms with Crippen LogP contribution in [0.2, 0.25) is 5.02 Å². The normalized spacial score (nSPS) is 17.3. The summed E-state index contributed by atoms with van der Waals surface area (Å²) in [7, 11) is 0. The van der Waals surface area contributed by atoms with E-state index in [2.05, 4.69) is 10.1 Å². The highest BCUT2D eigenvalue weighted by Crippen LogP contribution is 2.33. The molecule has 126 valence electrons. The first-order valence-electron chi connectivity index (χ1n) is 8.07. The van der Waals surface area contributed by atoms with Crippen molar-refractivity contribution in [2.45, 2.75) is 19.3 Å². The average molecular weight is 354 g/mol. The molecule has 0 bridgehead atoms. The maximum Gasteiger partial charge on any atom is 0.232 e. The van der Waals surface area contributed by atoms with Crippen LogP contribution in [0.1, 0.15) is 23.8 Å². The van der Waals surface area contributed by atoms with Gasteiger partial charge in [-0.3, -0.25) is 4.79 Å². The zero-order valence-corrected chi connectivity index (χ0v) is 14.4. The maximum atomic E-state index is 12.4. The molecule has 0 aliphatic carbocycles. The largest absolute Gasteiger partial charge is 0.339 e. The van der Waals surface area contributed by atoms with E-state index in [0.29, 0.717) is 29.7 Å². The van der Waals surface area contributed by atoms with Crippen LogP contribution in [0.5, 0.6) is 0 Å². The van der Waals surface area contributed by atoms with Gasteiger partial charge in [-0.15, -0.1) is 0 Å². The summed E-state index contributed by atoms with van der Waals surface area (Å²) >= 11 is 6.19. The Kier molecular flexibility index (Phi) is 4.01. The van der Waals surface area contributed by atoms with Gasteiger partial charge in [0.1, 0.15) is 0 Å². The van der Waals surface area contributed by atoms with Crippen molar-refractivity contribution in [2.75, 3.05) is 11.4 Å². The third-order valence-corrected chi connectivity index (χ3v) is 4.82. The van der Waals surface area contributed by atoms with Crippen molar-refractivity contribution in [3.05, 3.63) is 65.0 Å². The van der Waals surface area contributed by atoms with E-state index < -0.39 is 0 Å². The molecule has 0 saturated carbocycles. The van der Waals surface area contributed by atoms with E-state index in [-0.39, 0.29) is 11.8 Å². The molecular formula is C19H16ClN3O2. The lowest BCUT2D eigenvalue weighted by atomic mass is 10.1. The number of aromatic nitrogens is 2. The van der Waals surface area contributed by atoms with Gasteiger partial charge in [0.2, 0.25) is 17.6 Å². The quantitative estimate of drug-likeness (QED) is 0.707. The lowest BCUT2D eigenvalue weighted by Gasteiger charge is -2.17.